The molecule has 186 valence electrons. The minimum Gasteiger partial charge on any atom is -0.490 e. The smallest absolute Gasteiger partial charge is 0.254 e. The van der Waals surface area contributed by atoms with Gasteiger partial charge in [0.2, 0.25) is 0 Å². The maximum absolute atomic E-state index is 13.2. The number of carbonyl (C=O) groups is 1. The molecule has 10 heteroatoms. The second-order valence-corrected chi connectivity index (χ2v) is 11.1. The van der Waals surface area contributed by atoms with Gasteiger partial charge in [0.15, 0.2) is 21.3 Å². The van der Waals surface area contributed by atoms with E-state index in [0.29, 0.717) is 62.9 Å². The minimum absolute atomic E-state index is 0.0241. The van der Waals surface area contributed by atoms with Crippen LogP contribution in [0.2, 0.25) is 0 Å². The first-order chi connectivity index (χ1) is 16.2. The second kappa shape index (κ2) is 9.85. The van der Waals surface area contributed by atoms with Crippen LogP contribution in [0.1, 0.15) is 48.1 Å². The number of anilines is 1. The summed E-state index contributed by atoms with van der Waals surface area (Å²) < 4.78 is 37.1. The molecule has 2 aliphatic rings. The summed E-state index contributed by atoms with van der Waals surface area (Å²) >= 11 is 0. The standard InChI is InChI=1S/C24H34N4O5S/c1-5-32-21-8-7-19(15-22(21)33-6-2)24(29)27-12-10-26(11-13-27)23-17(3)25-28(18(23)4)20-9-14-34(30,31)16-20/h7-8,15,20H,5-6,9-14,16H2,1-4H3. The zero-order chi connectivity index (χ0) is 24.5. The molecule has 1 aromatic heterocycles. The van der Waals surface area contributed by atoms with E-state index >= 15 is 0 Å². The Bertz CT molecular complexity index is 1150. The molecule has 0 radical (unpaired) electrons. The highest BCUT2D eigenvalue weighted by Gasteiger charge is 2.33. The summed E-state index contributed by atoms with van der Waals surface area (Å²) in [6, 6.07) is 5.25. The van der Waals surface area contributed by atoms with Crippen LogP contribution in [0.25, 0.3) is 0 Å². The van der Waals surface area contributed by atoms with Gasteiger partial charge in [-0.05, 0) is 52.3 Å². The maximum atomic E-state index is 13.2. The lowest BCUT2D eigenvalue weighted by atomic mass is 10.1. The van der Waals surface area contributed by atoms with Crippen LogP contribution in [0.15, 0.2) is 18.2 Å². The molecule has 2 aromatic rings. The van der Waals surface area contributed by atoms with E-state index in [1.165, 1.54) is 0 Å². The fourth-order valence-corrected chi connectivity index (χ4v) is 6.63. The molecular formula is C24H34N4O5S. The molecule has 2 aliphatic heterocycles. The molecule has 1 aromatic carbocycles. The molecule has 1 amide bonds. The summed E-state index contributed by atoms with van der Waals surface area (Å²) in [4.78, 5) is 17.3. The number of hydrogen-bond donors (Lipinski definition) is 0. The molecule has 2 fully saturated rings. The van der Waals surface area contributed by atoms with Gasteiger partial charge >= 0.3 is 0 Å². The maximum Gasteiger partial charge on any atom is 0.254 e. The fraction of sp³-hybridized carbons (Fsp3) is 0.583. The molecule has 9 nitrogen and oxygen atoms in total. The quantitative estimate of drug-likeness (QED) is 0.589. The lowest BCUT2D eigenvalue weighted by Crippen LogP contribution is -2.49. The molecular weight excluding hydrogens is 456 g/mol. The predicted octanol–water partition coefficient (Wildman–Crippen LogP) is 2.62. The van der Waals surface area contributed by atoms with Crippen molar-refractivity contribution in [1.82, 2.24) is 14.7 Å². The molecule has 2 saturated heterocycles. The number of rotatable bonds is 7. The van der Waals surface area contributed by atoms with Crippen LogP contribution in [0.3, 0.4) is 0 Å². The third-order valence-corrected chi connectivity index (χ3v) is 8.26. The van der Waals surface area contributed by atoms with Crippen LogP contribution in [0.4, 0.5) is 5.69 Å². The summed E-state index contributed by atoms with van der Waals surface area (Å²) in [6.07, 6.45) is 0.609. The number of amides is 1. The Morgan fingerprint density at radius 2 is 1.74 bits per heavy atom. The van der Waals surface area contributed by atoms with Gasteiger partial charge < -0.3 is 19.3 Å². The van der Waals surface area contributed by atoms with Crippen molar-refractivity contribution in [2.75, 3.05) is 55.8 Å². The Morgan fingerprint density at radius 3 is 2.35 bits per heavy atom. The largest absolute Gasteiger partial charge is 0.490 e. The van der Waals surface area contributed by atoms with Crippen LogP contribution in [0, 0.1) is 13.8 Å². The Hall–Kier alpha value is -2.75. The van der Waals surface area contributed by atoms with E-state index in [9.17, 15) is 13.2 Å². The number of carbonyl (C=O) groups excluding carboxylic acids is 1. The highest BCUT2D eigenvalue weighted by atomic mass is 32.2. The summed E-state index contributed by atoms with van der Waals surface area (Å²) in [5, 5.41) is 4.69. The van der Waals surface area contributed by atoms with Gasteiger partial charge in [-0.2, -0.15) is 5.10 Å². The molecule has 0 N–H and O–H groups in total. The SMILES string of the molecule is CCOc1ccc(C(=O)N2CCN(c3c(C)nn(C4CCS(=O)(=O)C4)c3C)CC2)cc1OCC. The van der Waals surface area contributed by atoms with E-state index < -0.39 is 9.84 Å². The normalized spacial score (nSPS) is 19.9. The van der Waals surface area contributed by atoms with E-state index in [0.717, 1.165) is 17.1 Å². The summed E-state index contributed by atoms with van der Waals surface area (Å²) in [5.74, 6) is 1.58. The Balaban J connectivity index is 1.45. The van der Waals surface area contributed by atoms with Gasteiger partial charge in [-0.1, -0.05) is 0 Å². The molecule has 3 heterocycles. The lowest BCUT2D eigenvalue weighted by molar-refractivity contribution is 0.0746. The number of hydrogen-bond acceptors (Lipinski definition) is 7. The first kappa shape index (κ1) is 24.4. The Labute approximate surface area is 201 Å². The van der Waals surface area contributed by atoms with Crippen molar-refractivity contribution in [3.05, 3.63) is 35.2 Å². The van der Waals surface area contributed by atoms with E-state index in [-0.39, 0.29) is 23.5 Å². The van der Waals surface area contributed by atoms with Crippen LogP contribution in [-0.2, 0) is 9.84 Å². The van der Waals surface area contributed by atoms with Crippen LogP contribution < -0.4 is 14.4 Å². The minimum atomic E-state index is -2.98. The Morgan fingerprint density at radius 1 is 1.06 bits per heavy atom. The summed E-state index contributed by atoms with van der Waals surface area (Å²) in [5.41, 5.74) is 3.53. The predicted molar refractivity (Wildman–Crippen MR) is 131 cm³/mol. The van der Waals surface area contributed by atoms with Gasteiger partial charge in [-0.15, -0.1) is 0 Å². The van der Waals surface area contributed by atoms with Gasteiger partial charge in [0.25, 0.3) is 5.91 Å². The monoisotopic (exact) mass is 490 g/mol. The number of piperazine rings is 1. The number of aryl methyl sites for hydroxylation is 1. The van der Waals surface area contributed by atoms with E-state index in [2.05, 4.69) is 10.00 Å². The first-order valence-electron chi connectivity index (χ1n) is 11.9. The van der Waals surface area contributed by atoms with Gasteiger partial charge in [0, 0.05) is 31.7 Å². The van der Waals surface area contributed by atoms with Gasteiger partial charge in [-0.25, -0.2) is 8.42 Å². The van der Waals surface area contributed by atoms with Crippen molar-refractivity contribution in [2.24, 2.45) is 0 Å². The average molecular weight is 491 g/mol. The molecule has 0 saturated carbocycles. The zero-order valence-corrected chi connectivity index (χ0v) is 21.2. The van der Waals surface area contributed by atoms with Gasteiger partial charge in [-0.3, -0.25) is 9.48 Å². The number of benzene rings is 1. The van der Waals surface area contributed by atoms with Gasteiger partial charge in [0.1, 0.15) is 0 Å². The van der Waals surface area contributed by atoms with Crippen LogP contribution in [-0.4, -0.2) is 79.9 Å². The number of aromatic nitrogens is 2. The van der Waals surface area contributed by atoms with Crippen molar-refractivity contribution in [2.45, 2.75) is 40.2 Å². The molecule has 0 bridgehead atoms. The van der Waals surface area contributed by atoms with E-state index in [4.69, 9.17) is 9.47 Å². The molecule has 1 atom stereocenters. The lowest BCUT2D eigenvalue weighted by Gasteiger charge is -2.36. The highest BCUT2D eigenvalue weighted by Crippen LogP contribution is 2.32. The molecule has 0 aliphatic carbocycles. The molecule has 4 rings (SSSR count). The third kappa shape index (κ3) is 4.87. The van der Waals surface area contributed by atoms with Crippen LogP contribution in [0.5, 0.6) is 11.5 Å². The van der Waals surface area contributed by atoms with Crippen LogP contribution >= 0.6 is 0 Å². The molecule has 34 heavy (non-hydrogen) atoms. The average Bonchev–Trinajstić information content (AvgIpc) is 3.32. The number of nitrogens with zero attached hydrogens (tertiary/aromatic N) is 4. The molecule has 1 unspecified atom stereocenters. The second-order valence-electron chi connectivity index (χ2n) is 8.83. The first-order valence-corrected chi connectivity index (χ1v) is 13.8. The zero-order valence-electron chi connectivity index (χ0n) is 20.4. The van der Waals surface area contributed by atoms with Crippen molar-refractivity contribution in [3.63, 3.8) is 0 Å². The highest BCUT2D eigenvalue weighted by molar-refractivity contribution is 7.91. The van der Waals surface area contributed by atoms with Gasteiger partial charge in [0.05, 0.1) is 47.8 Å². The van der Waals surface area contributed by atoms with Crippen molar-refractivity contribution in [1.29, 1.82) is 0 Å². The third-order valence-electron chi connectivity index (χ3n) is 6.51. The summed E-state index contributed by atoms with van der Waals surface area (Å²) in [6.45, 7) is 11.4. The van der Waals surface area contributed by atoms with Crippen molar-refractivity contribution >= 4 is 21.4 Å². The Kier molecular flexibility index (Phi) is 7.06. The van der Waals surface area contributed by atoms with Crippen molar-refractivity contribution in [3.8, 4) is 11.5 Å². The van der Waals surface area contributed by atoms with E-state index in [1.807, 2.05) is 37.3 Å². The van der Waals surface area contributed by atoms with E-state index in [1.54, 1.807) is 18.2 Å². The van der Waals surface area contributed by atoms with Crippen molar-refractivity contribution < 1.29 is 22.7 Å². The number of ether oxygens (including phenoxy) is 2. The number of sulfone groups is 1. The fourth-order valence-electron chi connectivity index (χ4n) is 4.94. The molecule has 0 spiro atoms. The topological polar surface area (TPSA) is 94.0 Å². The summed E-state index contributed by atoms with van der Waals surface area (Å²) in [7, 11) is -2.98.